The minimum absolute atomic E-state index is 0.0290. The highest BCUT2D eigenvalue weighted by atomic mass is 19.4. The molecule has 1 aliphatic carbocycles. The van der Waals surface area contributed by atoms with Crippen molar-refractivity contribution in [1.29, 1.82) is 0 Å². The van der Waals surface area contributed by atoms with Crippen molar-refractivity contribution < 1.29 is 13.2 Å². The lowest BCUT2D eigenvalue weighted by Gasteiger charge is -2.26. The van der Waals surface area contributed by atoms with Crippen LogP contribution in [0.4, 0.5) is 24.8 Å². The molecule has 1 N–H and O–H groups in total. The largest absolute Gasteiger partial charge is 0.453 e. The van der Waals surface area contributed by atoms with Gasteiger partial charge in [-0.3, -0.25) is 0 Å². The van der Waals surface area contributed by atoms with Gasteiger partial charge in [0.1, 0.15) is 0 Å². The molecular formula is C31H33F3N6. The number of benzene rings is 2. The number of anilines is 2. The van der Waals surface area contributed by atoms with Gasteiger partial charge in [0.25, 0.3) is 5.82 Å². The Hall–Kier alpha value is -3.72. The van der Waals surface area contributed by atoms with E-state index in [1.54, 1.807) is 12.1 Å². The van der Waals surface area contributed by atoms with E-state index < -0.39 is 12.0 Å². The Balaban J connectivity index is 1.28. The Morgan fingerprint density at radius 3 is 2.45 bits per heavy atom. The molecule has 6 nitrogen and oxygen atoms in total. The van der Waals surface area contributed by atoms with E-state index in [4.69, 9.17) is 0 Å². The normalized spacial score (nSPS) is 19.8. The van der Waals surface area contributed by atoms with Crippen LogP contribution in [-0.4, -0.2) is 43.8 Å². The molecule has 0 spiro atoms. The van der Waals surface area contributed by atoms with E-state index in [0.717, 1.165) is 47.4 Å². The molecule has 208 valence electrons. The van der Waals surface area contributed by atoms with Crippen LogP contribution in [-0.2, 0) is 19.0 Å². The third-order valence-electron chi connectivity index (χ3n) is 8.05. The van der Waals surface area contributed by atoms with E-state index >= 15 is 0 Å². The lowest BCUT2D eigenvalue weighted by Crippen LogP contribution is -2.33. The Kier molecular flexibility index (Phi) is 7.08. The Morgan fingerprint density at radius 2 is 1.70 bits per heavy atom. The van der Waals surface area contributed by atoms with E-state index in [2.05, 4.69) is 38.3 Å². The molecule has 1 saturated heterocycles. The fraction of sp³-hybridized carbons (Fsp3) is 0.387. The highest BCUT2D eigenvalue weighted by molar-refractivity contribution is 5.62. The summed E-state index contributed by atoms with van der Waals surface area (Å²) in [5.41, 5.74) is 5.82. The summed E-state index contributed by atoms with van der Waals surface area (Å²) in [5, 5.41) is 6.93. The number of nitrogens with one attached hydrogen (secondary N) is 1. The van der Waals surface area contributed by atoms with Gasteiger partial charge in [0.2, 0.25) is 5.95 Å². The van der Waals surface area contributed by atoms with Crippen molar-refractivity contribution in [2.24, 2.45) is 5.92 Å². The number of hydrogen-bond acceptors (Lipinski definition) is 5. The average molecular weight is 547 g/mol. The van der Waals surface area contributed by atoms with Crippen molar-refractivity contribution >= 4 is 11.6 Å². The molecule has 9 heteroatoms. The lowest BCUT2D eigenvalue weighted by atomic mass is 10.0. The smallest absolute Gasteiger partial charge is 0.324 e. The molecule has 40 heavy (non-hydrogen) atoms. The zero-order chi connectivity index (χ0) is 27.9. The first-order valence-electron chi connectivity index (χ1n) is 13.9. The van der Waals surface area contributed by atoms with Crippen LogP contribution in [0, 0.1) is 12.8 Å². The number of rotatable bonds is 5. The monoisotopic (exact) mass is 546 g/mol. The zero-order valence-electron chi connectivity index (χ0n) is 22.7. The third-order valence-corrected chi connectivity index (χ3v) is 8.05. The van der Waals surface area contributed by atoms with Crippen molar-refractivity contribution in [3.63, 3.8) is 0 Å². The van der Waals surface area contributed by atoms with Crippen molar-refractivity contribution in [2.75, 3.05) is 18.4 Å². The number of alkyl halides is 3. The summed E-state index contributed by atoms with van der Waals surface area (Å²) in [6, 6.07) is 19.7. The van der Waals surface area contributed by atoms with Crippen LogP contribution in [0.1, 0.15) is 48.7 Å². The van der Waals surface area contributed by atoms with Crippen LogP contribution < -0.4 is 5.32 Å². The van der Waals surface area contributed by atoms with Gasteiger partial charge in [-0.2, -0.15) is 22.8 Å². The molecule has 2 unspecified atom stereocenters. The summed E-state index contributed by atoms with van der Waals surface area (Å²) >= 11 is 0. The second-order valence-corrected chi connectivity index (χ2v) is 11.1. The Labute approximate surface area is 232 Å². The summed E-state index contributed by atoms with van der Waals surface area (Å²) in [4.78, 5) is 11.1. The quantitative estimate of drug-likeness (QED) is 0.274. The second-order valence-electron chi connectivity index (χ2n) is 11.1. The van der Waals surface area contributed by atoms with E-state index in [9.17, 15) is 13.2 Å². The topological polar surface area (TPSA) is 58.9 Å². The van der Waals surface area contributed by atoms with Crippen LogP contribution >= 0.6 is 0 Å². The summed E-state index contributed by atoms with van der Waals surface area (Å²) in [7, 11) is 0. The molecule has 0 radical (unpaired) electrons. The predicted octanol–water partition coefficient (Wildman–Crippen LogP) is 6.99. The molecule has 0 saturated carbocycles. The lowest BCUT2D eigenvalue weighted by molar-refractivity contribution is -0.144. The van der Waals surface area contributed by atoms with Crippen molar-refractivity contribution in [3.05, 3.63) is 83.2 Å². The molecule has 2 aromatic carbocycles. The molecule has 6 rings (SSSR count). The average Bonchev–Trinajstić information content (AvgIpc) is 3.50. The van der Waals surface area contributed by atoms with E-state index in [-0.39, 0.29) is 11.8 Å². The van der Waals surface area contributed by atoms with Crippen molar-refractivity contribution in [1.82, 2.24) is 24.6 Å². The van der Waals surface area contributed by atoms with Crippen LogP contribution in [0.2, 0.25) is 0 Å². The maximum absolute atomic E-state index is 13.7. The number of fused-ring (bicyclic) bond motifs is 1. The number of pyridine rings is 1. The van der Waals surface area contributed by atoms with Crippen LogP contribution in [0.25, 0.3) is 17.1 Å². The molecular weight excluding hydrogens is 513 g/mol. The van der Waals surface area contributed by atoms with Crippen molar-refractivity contribution in [3.8, 4) is 17.1 Å². The maximum atomic E-state index is 13.7. The Bertz CT molecular complexity index is 1510. The number of likely N-dealkylation sites (tertiary alicyclic amines) is 1. The summed E-state index contributed by atoms with van der Waals surface area (Å²) in [5.74, 6) is -0.233. The van der Waals surface area contributed by atoms with Crippen molar-refractivity contribution in [2.45, 2.75) is 58.2 Å². The Morgan fingerprint density at radius 1 is 0.900 bits per heavy atom. The summed E-state index contributed by atoms with van der Waals surface area (Å²) in [6.45, 7) is 6.64. The standard InChI is InChI=1S/C31H33F3N6/c1-20-5-3-6-24(17-20)27-7-4-8-28(36-27)40-30(37-29(38-40)31(32,33)34)35-25-12-9-22-10-13-26(14-11-23(22)18-25)39-16-15-21(2)19-39/h3-9,12,17-18,21,26H,10-11,13-16,19H2,1-2H3,(H,35,37,38). The minimum Gasteiger partial charge on any atom is -0.324 e. The predicted molar refractivity (Wildman–Crippen MR) is 150 cm³/mol. The molecule has 0 bridgehead atoms. The second kappa shape index (κ2) is 10.7. The van der Waals surface area contributed by atoms with Gasteiger partial charge in [0.05, 0.1) is 5.69 Å². The summed E-state index contributed by atoms with van der Waals surface area (Å²) < 4.78 is 42.2. The van der Waals surface area contributed by atoms with Gasteiger partial charge in [-0.15, -0.1) is 5.10 Å². The SMILES string of the molecule is Cc1cccc(-c2cccc(-n3nc(C(F)(F)F)nc3Nc3ccc4c(c3)CCC(N3CCC(C)C3)CC4)n2)c1. The van der Waals surface area contributed by atoms with E-state index in [1.807, 2.05) is 49.4 Å². The highest BCUT2D eigenvalue weighted by Crippen LogP contribution is 2.32. The number of nitrogens with zero attached hydrogens (tertiary/aromatic N) is 5. The van der Waals surface area contributed by atoms with Crippen LogP contribution in [0.5, 0.6) is 0 Å². The molecule has 0 amide bonds. The number of halogens is 3. The molecule has 2 atom stereocenters. The van der Waals surface area contributed by atoms with Gasteiger partial charge in [0, 0.05) is 23.8 Å². The van der Waals surface area contributed by atoms with Gasteiger partial charge in [0.15, 0.2) is 5.82 Å². The minimum atomic E-state index is -4.69. The molecule has 1 fully saturated rings. The molecule has 1 aliphatic heterocycles. The molecule has 2 aliphatic rings. The van der Waals surface area contributed by atoms with E-state index in [1.165, 1.54) is 30.6 Å². The first-order chi connectivity index (χ1) is 19.2. The first-order valence-corrected chi connectivity index (χ1v) is 13.9. The number of aromatic nitrogens is 4. The third kappa shape index (κ3) is 5.61. The van der Waals surface area contributed by atoms with Gasteiger partial charge in [-0.05, 0) is 92.9 Å². The fourth-order valence-electron chi connectivity index (χ4n) is 5.94. The van der Waals surface area contributed by atoms with Crippen LogP contribution in [0.3, 0.4) is 0 Å². The number of aryl methyl sites for hydroxylation is 3. The first kappa shape index (κ1) is 26.5. The number of hydrogen-bond donors (Lipinski definition) is 1. The highest BCUT2D eigenvalue weighted by Gasteiger charge is 2.37. The summed E-state index contributed by atoms with van der Waals surface area (Å²) in [6.07, 6.45) is 0.759. The zero-order valence-corrected chi connectivity index (χ0v) is 22.7. The fourth-order valence-corrected chi connectivity index (χ4v) is 5.94. The molecule has 2 aromatic heterocycles. The van der Waals surface area contributed by atoms with Crippen LogP contribution in [0.15, 0.2) is 60.7 Å². The van der Waals surface area contributed by atoms with E-state index in [0.29, 0.717) is 17.4 Å². The maximum Gasteiger partial charge on any atom is 0.453 e. The molecule has 4 aromatic rings. The van der Waals surface area contributed by atoms with Gasteiger partial charge in [-0.25, -0.2) is 4.98 Å². The van der Waals surface area contributed by atoms with Gasteiger partial charge >= 0.3 is 6.18 Å². The van der Waals surface area contributed by atoms with Gasteiger partial charge in [-0.1, -0.05) is 42.8 Å². The van der Waals surface area contributed by atoms with Gasteiger partial charge < -0.3 is 10.2 Å². The molecule has 3 heterocycles.